The van der Waals surface area contributed by atoms with Crippen molar-refractivity contribution >= 4 is 28.3 Å². The van der Waals surface area contributed by atoms with Gasteiger partial charge in [-0.2, -0.15) is 0 Å². The van der Waals surface area contributed by atoms with Crippen molar-refractivity contribution in [2.75, 3.05) is 18.4 Å². The lowest BCUT2D eigenvalue weighted by molar-refractivity contribution is -0.130. The summed E-state index contributed by atoms with van der Waals surface area (Å²) < 4.78 is 1.43. The molecule has 0 spiro atoms. The molecule has 1 aliphatic heterocycles. The number of hydrogen-bond donors (Lipinski definition) is 1. The first-order chi connectivity index (χ1) is 13.7. The van der Waals surface area contributed by atoms with Crippen molar-refractivity contribution in [1.82, 2.24) is 19.9 Å². The van der Waals surface area contributed by atoms with E-state index in [2.05, 4.69) is 27.8 Å². The summed E-state index contributed by atoms with van der Waals surface area (Å²) in [5, 5.41) is 13.2. The molecule has 1 aliphatic carbocycles. The average molecular weight is 375 g/mol. The topological polar surface area (TPSA) is 80.1 Å². The van der Waals surface area contributed by atoms with Gasteiger partial charge in [0, 0.05) is 24.2 Å². The third-order valence-corrected chi connectivity index (χ3v) is 5.65. The molecule has 7 heteroatoms. The Balaban J connectivity index is 1.34. The molecule has 2 amide bonds. The fourth-order valence-electron chi connectivity index (χ4n) is 4.23. The molecule has 0 unspecified atom stereocenters. The Morgan fingerprint density at radius 1 is 1.04 bits per heavy atom. The number of carbonyl (C=O) groups excluding carboxylic acids is 2. The zero-order valence-corrected chi connectivity index (χ0v) is 15.5. The predicted octanol–water partition coefficient (Wildman–Crippen LogP) is 2.40. The van der Waals surface area contributed by atoms with Gasteiger partial charge in [0.1, 0.15) is 6.54 Å². The zero-order chi connectivity index (χ0) is 19.1. The average Bonchev–Trinajstić information content (AvgIpc) is 3.45. The van der Waals surface area contributed by atoms with E-state index in [1.54, 1.807) is 0 Å². The minimum atomic E-state index is -0.321. The SMILES string of the molecule is O=C(Nc1ccc2c3c(cccc13)CC2)c1cn(CC(=O)N2CCCC2)nn1. The second-order valence-corrected chi connectivity index (χ2v) is 7.46. The van der Waals surface area contributed by atoms with E-state index in [0.717, 1.165) is 49.8 Å². The molecule has 1 N–H and O–H groups in total. The van der Waals surface area contributed by atoms with E-state index in [1.165, 1.54) is 27.4 Å². The Morgan fingerprint density at radius 3 is 2.64 bits per heavy atom. The van der Waals surface area contributed by atoms with Crippen LogP contribution in [0.4, 0.5) is 5.69 Å². The summed E-state index contributed by atoms with van der Waals surface area (Å²) in [6, 6.07) is 10.2. The lowest BCUT2D eigenvalue weighted by Crippen LogP contribution is -2.31. The van der Waals surface area contributed by atoms with E-state index in [4.69, 9.17) is 0 Å². The number of hydrogen-bond acceptors (Lipinski definition) is 4. The number of aryl methyl sites for hydroxylation is 2. The largest absolute Gasteiger partial charge is 0.341 e. The van der Waals surface area contributed by atoms with Crippen LogP contribution in [0.15, 0.2) is 36.5 Å². The Morgan fingerprint density at radius 2 is 1.82 bits per heavy atom. The maximum atomic E-state index is 12.7. The van der Waals surface area contributed by atoms with Gasteiger partial charge >= 0.3 is 0 Å². The first-order valence-corrected chi connectivity index (χ1v) is 9.72. The van der Waals surface area contributed by atoms with Crippen molar-refractivity contribution in [3.63, 3.8) is 0 Å². The molecule has 2 heterocycles. The van der Waals surface area contributed by atoms with Gasteiger partial charge in [0.25, 0.3) is 5.91 Å². The maximum absolute atomic E-state index is 12.7. The van der Waals surface area contributed by atoms with Gasteiger partial charge in [0.05, 0.1) is 6.20 Å². The molecule has 1 fully saturated rings. The molecule has 28 heavy (non-hydrogen) atoms. The van der Waals surface area contributed by atoms with E-state index in [9.17, 15) is 9.59 Å². The van der Waals surface area contributed by atoms with Crippen LogP contribution in [0.25, 0.3) is 10.8 Å². The number of likely N-dealkylation sites (tertiary alicyclic amines) is 1. The van der Waals surface area contributed by atoms with Crippen molar-refractivity contribution in [3.05, 3.63) is 53.3 Å². The fourth-order valence-corrected chi connectivity index (χ4v) is 4.23. The molecule has 2 aromatic carbocycles. The molecule has 1 saturated heterocycles. The van der Waals surface area contributed by atoms with E-state index in [-0.39, 0.29) is 24.1 Å². The number of benzene rings is 2. The molecule has 142 valence electrons. The Bertz CT molecular complexity index is 1070. The molecule has 0 atom stereocenters. The normalized spacial score (nSPS) is 15.4. The minimum Gasteiger partial charge on any atom is -0.341 e. The van der Waals surface area contributed by atoms with Crippen LogP contribution in [0.5, 0.6) is 0 Å². The molecule has 5 rings (SSSR count). The van der Waals surface area contributed by atoms with Crippen LogP contribution in [0, 0.1) is 0 Å². The minimum absolute atomic E-state index is 0.0156. The molecule has 0 radical (unpaired) electrons. The molecule has 1 aromatic heterocycles. The highest BCUT2D eigenvalue weighted by Gasteiger charge is 2.21. The quantitative estimate of drug-likeness (QED) is 0.759. The van der Waals surface area contributed by atoms with Crippen molar-refractivity contribution < 1.29 is 9.59 Å². The summed E-state index contributed by atoms with van der Waals surface area (Å²) in [4.78, 5) is 26.7. The number of nitrogens with one attached hydrogen (secondary N) is 1. The first-order valence-electron chi connectivity index (χ1n) is 9.72. The van der Waals surface area contributed by atoms with Gasteiger partial charge in [-0.05, 0) is 48.3 Å². The molecule has 2 aliphatic rings. The number of nitrogens with zero attached hydrogens (tertiary/aromatic N) is 4. The second-order valence-electron chi connectivity index (χ2n) is 7.46. The summed E-state index contributed by atoms with van der Waals surface area (Å²) in [6.45, 7) is 1.71. The summed E-state index contributed by atoms with van der Waals surface area (Å²) in [5.74, 6) is -0.305. The van der Waals surface area contributed by atoms with Crippen LogP contribution in [0.3, 0.4) is 0 Å². The third-order valence-electron chi connectivity index (χ3n) is 5.65. The Hall–Kier alpha value is -3.22. The van der Waals surface area contributed by atoms with Crippen LogP contribution in [0.2, 0.25) is 0 Å². The van der Waals surface area contributed by atoms with Gasteiger partial charge in [0.2, 0.25) is 5.91 Å². The Kier molecular flexibility index (Phi) is 4.07. The number of anilines is 1. The zero-order valence-electron chi connectivity index (χ0n) is 15.5. The van der Waals surface area contributed by atoms with Crippen LogP contribution < -0.4 is 5.32 Å². The second kappa shape index (κ2) is 6.74. The Labute approximate surface area is 162 Å². The van der Waals surface area contributed by atoms with Gasteiger partial charge in [-0.15, -0.1) is 5.10 Å². The highest BCUT2D eigenvalue weighted by atomic mass is 16.2. The molecular formula is C21H21N5O2. The number of carbonyl (C=O) groups is 2. The standard InChI is InChI=1S/C21H21N5O2/c27-19(25-10-1-2-11-25)13-26-12-18(23-24-26)21(28)22-17-9-8-15-7-6-14-4-3-5-16(17)20(14)15/h3-5,8-9,12H,1-2,6-7,10-11,13H2,(H,22,28). The monoisotopic (exact) mass is 375 g/mol. The molecular weight excluding hydrogens is 354 g/mol. The molecule has 7 nitrogen and oxygen atoms in total. The number of rotatable bonds is 4. The highest BCUT2D eigenvalue weighted by molar-refractivity contribution is 6.09. The van der Waals surface area contributed by atoms with Crippen LogP contribution in [0.1, 0.15) is 34.5 Å². The van der Waals surface area contributed by atoms with E-state index in [1.807, 2.05) is 23.1 Å². The van der Waals surface area contributed by atoms with Gasteiger partial charge in [-0.3, -0.25) is 9.59 Å². The van der Waals surface area contributed by atoms with Crippen LogP contribution in [-0.2, 0) is 24.2 Å². The maximum Gasteiger partial charge on any atom is 0.277 e. The van der Waals surface area contributed by atoms with Gasteiger partial charge in [0.15, 0.2) is 5.69 Å². The van der Waals surface area contributed by atoms with E-state index in [0.29, 0.717) is 0 Å². The third kappa shape index (κ3) is 2.93. The summed E-state index contributed by atoms with van der Waals surface area (Å²) in [6.07, 6.45) is 5.71. The first kappa shape index (κ1) is 16.9. The van der Waals surface area contributed by atoms with Crippen LogP contribution >= 0.6 is 0 Å². The number of amides is 2. The lowest BCUT2D eigenvalue weighted by atomic mass is 10.0. The smallest absolute Gasteiger partial charge is 0.277 e. The molecule has 3 aromatic rings. The molecule has 0 bridgehead atoms. The fraction of sp³-hybridized carbons (Fsp3) is 0.333. The molecule has 0 saturated carbocycles. The van der Waals surface area contributed by atoms with Crippen molar-refractivity contribution in [2.45, 2.75) is 32.2 Å². The van der Waals surface area contributed by atoms with E-state index >= 15 is 0 Å². The summed E-state index contributed by atoms with van der Waals surface area (Å²) in [5.41, 5.74) is 3.64. The van der Waals surface area contributed by atoms with E-state index < -0.39 is 0 Å². The number of aromatic nitrogens is 3. The predicted molar refractivity (Wildman–Crippen MR) is 105 cm³/mol. The lowest BCUT2D eigenvalue weighted by Gasteiger charge is -2.14. The van der Waals surface area contributed by atoms with Crippen molar-refractivity contribution in [1.29, 1.82) is 0 Å². The summed E-state index contributed by atoms with van der Waals surface area (Å²) in [7, 11) is 0. The highest BCUT2D eigenvalue weighted by Crippen LogP contribution is 2.35. The van der Waals surface area contributed by atoms with Crippen molar-refractivity contribution in [3.8, 4) is 0 Å². The summed E-state index contributed by atoms with van der Waals surface area (Å²) >= 11 is 0. The van der Waals surface area contributed by atoms with Gasteiger partial charge in [-0.1, -0.05) is 29.5 Å². The van der Waals surface area contributed by atoms with Gasteiger partial charge in [-0.25, -0.2) is 4.68 Å². The van der Waals surface area contributed by atoms with Gasteiger partial charge < -0.3 is 10.2 Å². The van der Waals surface area contributed by atoms with Crippen molar-refractivity contribution in [2.24, 2.45) is 0 Å². The van der Waals surface area contributed by atoms with Crippen LogP contribution in [-0.4, -0.2) is 44.8 Å².